The number of hydrogen-bond acceptors (Lipinski definition) is 8. The lowest BCUT2D eigenvalue weighted by Gasteiger charge is -2.15. The van der Waals surface area contributed by atoms with Crippen LogP contribution in [0.5, 0.6) is 0 Å². The van der Waals surface area contributed by atoms with Crippen molar-refractivity contribution in [3.63, 3.8) is 0 Å². The first kappa shape index (κ1) is 24.8. The summed E-state index contributed by atoms with van der Waals surface area (Å²) in [6.07, 6.45) is 3.09. The quantitative estimate of drug-likeness (QED) is 0.320. The number of ether oxygens (including phenoxy) is 1. The van der Waals surface area contributed by atoms with E-state index in [1.54, 1.807) is 21.9 Å². The highest BCUT2D eigenvalue weighted by atomic mass is 79.9. The Morgan fingerprint density at radius 2 is 1.94 bits per heavy atom. The average molecular weight is 556 g/mol. The molecule has 2 unspecified atom stereocenters. The number of halogens is 1. The highest BCUT2D eigenvalue weighted by Gasteiger charge is 2.30. The molecule has 1 aliphatic rings. The Kier molecular flexibility index (Phi) is 7.09. The number of β-amino-alcohol motifs (C(OH)–C–C–N with tert-alkyl or cyclic N) is 2. The lowest BCUT2D eigenvalue weighted by atomic mass is 10.2. The summed E-state index contributed by atoms with van der Waals surface area (Å²) in [5.41, 5.74) is 5.17. The molecule has 1 aliphatic heterocycles. The SMILES string of the molecule is COCCc1cc2cc(N(Br)c3nccc(-n4cc(CN5CC(O)C(O)C5)c(C)n4)n3)ccc2n1C. The van der Waals surface area contributed by atoms with Gasteiger partial charge in [-0.15, -0.1) is 0 Å². The van der Waals surface area contributed by atoms with E-state index in [1.165, 1.54) is 5.69 Å². The third kappa shape index (κ3) is 4.89. The number of aryl methyl sites for hydroxylation is 2. The molecule has 0 amide bonds. The molecule has 0 saturated carbocycles. The van der Waals surface area contributed by atoms with Crippen LogP contribution in [-0.4, -0.2) is 78.4 Å². The van der Waals surface area contributed by atoms with Crippen molar-refractivity contribution in [1.82, 2.24) is 29.2 Å². The van der Waals surface area contributed by atoms with Gasteiger partial charge in [0, 0.05) is 80.8 Å². The van der Waals surface area contributed by atoms with Crippen molar-refractivity contribution >= 4 is 38.7 Å². The average Bonchev–Trinajstić information content (AvgIpc) is 3.51. The highest BCUT2D eigenvalue weighted by molar-refractivity contribution is 9.10. The number of fused-ring (bicyclic) bond motifs is 1. The molecular weight excluding hydrogens is 526 g/mol. The summed E-state index contributed by atoms with van der Waals surface area (Å²) < 4.78 is 10.9. The molecule has 2 atom stereocenters. The Bertz CT molecular complexity index is 1360. The van der Waals surface area contributed by atoms with Crippen molar-refractivity contribution in [2.75, 3.05) is 30.7 Å². The van der Waals surface area contributed by atoms with E-state index in [4.69, 9.17) is 9.72 Å². The van der Waals surface area contributed by atoms with Crippen molar-refractivity contribution in [2.45, 2.75) is 32.1 Å². The molecule has 1 fully saturated rings. The lowest BCUT2D eigenvalue weighted by molar-refractivity contribution is 0.0572. The fourth-order valence-corrected chi connectivity index (χ4v) is 5.02. The predicted octanol–water partition coefficient (Wildman–Crippen LogP) is 2.64. The van der Waals surface area contributed by atoms with E-state index in [0.29, 0.717) is 38.0 Å². The van der Waals surface area contributed by atoms with Crippen LogP contribution in [0.3, 0.4) is 0 Å². The van der Waals surface area contributed by atoms with Crippen LogP contribution in [0, 0.1) is 6.92 Å². The van der Waals surface area contributed by atoms with Crippen molar-refractivity contribution in [3.8, 4) is 5.82 Å². The van der Waals surface area contributed by atoms with Crippen LogP contribution < -0.4 is 3.93 Å². The van der Waals surface area contributed by atoms with Gasteiger partial charge in [0.15, 0.2) is 5.82 Å². The zero-order valence-corrected chi connectivity index (χ0v) is 22.1. The third-order valence-corrected chi connectivity index (χ3v) is 7.41. The molecule has 0 aliphatic carbocycles. The van der Waals surface area contributed by atoms with E-state index < -0.39 is 12.2 Å². The maximum Gasteiger partial charge on any atom is 0.242 e. The van der Waals surface area contributed by atoms with Crippen LogP contribution in [0.4, 0.5) is 11.6 Å². The maximum absolute atomic E-state index is 9.84. The second kappa shape index (κ2) is 10.3. The number of aromatic nitrogens is 5. The molecule has 1 aromatic carbocycles. The van der Waals surface area contributed by atoms with Gasteiger partial charge < -0.3 is 19.5 Å². The van der Waals surface area contributed by atoms with Gasteiger partial charge in [-0.2, -0.15) is 10.1 Å². The molecule has 3 aromatic heterocycles. The van der Waals surface area contributed by atoms with Gasteiger partial charge in [0.2, 0.25) is 5.95 Å². The van der Waals surface area contributed by atoms with Crippen molar-refractivity contribution in [2.24, 2.45) is 7.05 Å². The first-order chi connectivity index (χ1) is 17.3. The van der Waals surface area contributed by atoms with Gasteiger partial charge in [-0.05, 0) is 31.2 Å². The first-order valence-corrected chi connectivity index (χ1v) is 12.5. The molecule has 190 valence electrons. The van der Waals surface area contributed by atoms with Gasteiger partial charge in [-0.1, -0.05) is 0 Å². The van der Waals surface area contributed by atoms with E-state index in [2.05, 4.69) is 56.0 Å². The van der Waals surface area contributed by atoms with Crippen LogP contribution in [-0.2, 0) is 24.8 Å². The van der Waals surface area contributed by atoms with E-state index in [9.17, 15) is 10.2 Å². The molecule has 10 nitrogen and oxygen atoms in total. The molecule has 0 bridgehead atoms. The largest absolute Gasteiger partial charge is 0.389 e. The summed E-state index contributed by atoms with van der Waals surface area (Å²) in [6.45, 7) is 4.12. The number of likely N-dealkylation sites (tertiary alicyclic amines) is 1. The predicted molar refractivity (Wildman–Crippen MR) is 141 cm³/mol. The van der Waals surface area contributed by atoms with E-state index in [1.807, 2.05) is 30.2 Å². The zero-order valence-electron chi connectivity index (χ0n) is 20.5. The molecule has 1 saturated heterocycles. The minimum Gasteiger partial charge on any atom is -0.389 e. The second-order valence-electron chi connectivity index (χ2n) is 9.19. The second-order valence-corrected chi connectivity index (χ2v) is 9.90. The van der Waals surface area contributed by atoms with Crippen molar-refractivity contribution in [3.05, 3.63) is 59.7 Å². The topological polar surface area (TPSA) is 105 Å². The fraction of sp³-hybridized carbons (Fsp3) is 0.400. The normalized spacial score (nSPS) is 18.4. The summed E-state index contributed by atoms with van der Waals surface area (Å²) in [6, 6.07) is 10.2. The molecule has 0 spiro atoms. The van der Waals surface area contributed by atoms with Gasteiger partial charge in [0.05, 0.1) is 46.3 Å². The third-order valence-electron chi connectivity index (χ3n) is 6.68. The van der Waals surface area contributed by atoms with Gasteiger partial charge in [-0.3, -0.25) is 4.90 Å². The van der Waals surface area contributed by atoms with Gasteiger partial charge in [0.25, 0.3) is 0 Å². The number of rotatable bonds is 8. The monoisotopic (exact) mass is 555 g/mol. The number of nitrogens with zero attached hydrogens (tertiary/aromatic N) is 7. The Hall–Kier alpha value is -2.83. The number of anilines is 2. The molecule has 36 heavy (non-hydrogen) atoms. The van der Waals surface area contributed by atoms with Crippen molar-refractivity contribution in [1.29, 1.82) is 0 Å². The Balaban J connectivity index is 1.37. The number of benzene rings is 1. The van der Waals surface area contributed by atoms with Crippen LogP contribution in [0.2, 0.25) is 0 Å². The lowest BCUT2D eigenvalue weighted by Crippen LogP contribution is -2.22. The number of aliphatic hydroxyl groups excluding tert-OH is 2. The molecule has 2 N–H and O–H groups in total. The molecule has 4 heterocycles. The number of aliphatic hydroxyl groups is 2. The first-order valence-electron chi connectivity index (χ1n) is 11.8. The van der Waals surface area contributed by atoms with Crippen molar-refractivity contribution < 1.29 is 14.9 Å². The minimum atomic E-state index is -0.707. The smallest absolute Gasteiger partial charge is 0.242 e. The molecule has 5 rings (SSSR count). The van der Waals surface area contributed by atoms with Gasteiger partial charge in [0.1, 0.15) is 0 Å². The van der Waals surface area contributed by atoms with Gasteiger partial charge in [-0.25, -0.2) is 13.6 Å². The van der Waals surface area contributed by atoms with Crippen LogP contribution in [0.15, 0.2) is 42.7 Å². The number of hydrogen-bond donors (Lipinski definition) is 2. The standard InChI is InChI=1S/C25H30BrN7O3/c1-16-18(12-31-14-22(34)23(35)15-31)13-32(29-16)24-6-8-27-25(28-24)33(26)20-4-5-21-17(11-20)10-19(30(21)2)7-9-36-3/h4-6,8,10-11,13,22-23,34-35H,7,9,12,14-15H2,1-3H3. The highest BCUT2D eigenvalue weighted by Crippen LogP contribution is 2.31. The Labute approximate surface area is 218 Å². The van der Waals surface area contributed by atoms with Crippen LogP contribution in [0.25, 0.3) is 16.7 Å². The van der Waals surface area contributed by atoms with Gasteiger partial charge >= 0.3 is 0 Å². The summed E-state index contributed by atoms with van der Waals surface area (Å²) in [5, 5.41) is 25.4. The Morgan fingerprint density at radius 1 is 1.17 bits per heavy atom. The summed E-state index contributed by atoms with van der Waals surface area (Å²) in [4.78, 5) is 11.2. The summed E-state index contributed by atoms with van der Waals surface area (Å²) >= 11 is 3.64. The Morgan fingerprint density at radius 3 is 2.69 bits per heavy atom. The van der Waals surface area contributed by atoms with Crippen LogP contribution >= 0.6 is 16.1 Å². The molecule has 11 heteroatoms. The van der Waals surface area contributed by atoms with Crippen LogP contribution in [0.1, 0.15) is 17.0 Å². The van der Waals surface area contributed by atoms with E-state index in [-0.39, 0.29) is 0 Å². The van der Waals surface area contributed by atoms with E-state index >= 15 is 0 Å². The zero-order chi connectivity index (χ0) is 25.4. The van der Waals surface area contributed by atoms with E-state index in [0.717, 1.165) is 34.3 Å². The maximum atomic E-state index is 9.84. The summed E-state index contributed by atoms with van der Waals surface area (Å²) in [7, 11) is 3.78. The molecular formula is C25H30BrN7O3. The number of methoxy groups -OCH3 is 1. The fourth-order valence-electron chi connectivity index (χ4n) is 4.62. The summed E-state index contributed by atoms with van der Waals surface area (Å²) in [5.74, 6) is 1.13. The molecule has 0 radical (unpaired) electrons. The minimum absolute atomic E-state index is 0.446. The molecule has 4 aromatic rings.